The van der Waals surface area contributed by atoms with Gasteiger partial charge in [-0.1, -0.05) is 6.07 Å². The number of likely N-dealkylation sites (tertiary alicyclic amines) is 1. The Labute approximate surface area is 163 Å². The lowest BCUT2D eigenvalue weighted by molar-refractivity contribution is -0.186. The van der Waals surface area contributed by atoms with Crippen LogP contribution in [-0.2, 0) is 0 Å². The first kappa shape index (κ1) is 18.8. The second-order valence-electron chi connectivity index (χ2n) is 6.65. The Morgan fingerprint density at radius 1 is 1.22 bits per heavy atom. The summed E-state index contributed by atoms with van der Waals surface area (Å²) in [7, 11) is 0. The average Bonchev–Trinajstić information content (AvgIpc) is 3.19. The summed E-state index contributed by atoms with van der Waals surface area (Å²) in [4.78, 5) is 7.24. The van der Waals surface area contributed by atoms with E-state index in [4.69, 9.17) is 4.74 Å². The number of halogens is 3. The number of piperidine rings is 1. The number of nitrogens with zero attached hydrogens (tertiary/aromatic N) is 3. The van der Waals surface area contributed by atoms with E-state index in [1.165, 1.54) is 29.8 Å². The van der Waals surface area contributed by atoms with Gasteiger partial charge in [-0.15, -0.1) is 0 Å². The minimum absolute atomic E-state index is 0.123. The second kappa shape index (κ2) is 7.84. The van der Waals surface area contributed by atoms with Gasteiger partial charge in [-0.25, -0.2) is 4.98 Å². The molecule has 0 radical (unpaired) electrons. The number of ether oxygens (including phenoxy) is 1. The molecule has 0 saturated carbocycles. The number of anilines is 1. The van der Waals surface area contributed by atoms with E-state index in [9.17, 15) is 13.2 Å². The highest BCUT2D eigenvalue weighted by molar-refractivity contribution is 8.00. The lowest BCUT2D eigenvalue weighted by atomic mass is 9.92. The third-order valence-electron chi connectivity index (χ3n) is 5.04. The Balaban J connectivity index is 1.43. The summed E-state index contributed by atoms with van der Waals surface area (Å²) in [5.74, 6) is -0.355. The normalized spacial score (nSPS) is 21.5. The van der Waals surface area contributed by atoms with Gasteiger partial charge < -0.3 is 9.46 Å². The molecule has 1 N–H and O–H groups in total. The molecule has 3 heterocycles. The molecule has 1 aromatic heterocycles. The van der Waals surface area contributed by atoms with Gasteiger partial charge in [0.2, 0.25) is 5.13 Å². The van der Waals surface area contributed by atoms with E-state index in [-0.39, 0.29) is 18.9 Å². The summed E-state index contributed by atoms with van der Waals surface area (Å²) in [5.41, 5.74) is 1.06. The van der Waals surface area contributed by atoms with Gasteiger partial charge in [-0.05, 0) is 50.0 Å². The molecule has 1 atom stereocenters. The predicted molar refractivity (Wildman–Crippen MR) is 99.0 cm³/mol. The van der Waals surface area contributed by atoms with E-state index in [0.29, 0.717) is 19.7 Å². The Kier molecular flexibility index (Phi) is 5.47. The Morgan fingerprint density at radius 2 is 2.04 bits per heavy atom. The smallest absolute Gasteiger partial charge is 0.391 e. The molecule has 146 valence electrons. The first-order valence-electron chi connectivity index (χ1n) is 8.78. The average molecular weight is 416 g/mol. The first-order valence-corrected chi connectivity index (χ1v) is 10.4. The molecular formula is C17H19F3N4OS2. The standard InChI is InChI=1S/C17H19F3N4OS2/c18-17(19,20)11-3-6-24(7-4-11)14-5-8-25-15-9-12(1-2-13(14)15)26-23-16-21-10-22-27-16/h1-2,9-11,14H,3-8H2,(H,21,22,23)/t14-/m0/s1. The van der Waals surface area contributed by atoms with Crippen LogP contribution in [0.25, 0.3) is 0 Å². The van der Waals surface area contributed by atoms with Crippen molar-refractivity contribution in [3.05, 3.63) is 30.1 Å². The predicted octanol–water partition coefficient (Wildman–Crippen LogP) is 4.76. The fourth-order valence-electron chi connectivity index (χ4n) is 3.65. The highest BCUT2D eigenvalue weighted by Gasteiger charge is 2.42. The lowest BCUT2D eigenvalue weighted by Crippen LogP contribution is -2.42. The lowest BCUT2D eigenvalue weighted by Gasteiger charge is -2.40. The van der Waals surface area contributed by atoms with Gasteiger partial charge in [0.15, 0.2) is 0 Å². The van der Waals surface area contributed by atoms with Crippen molar-refractivity contribution in [2.24, 2.45) is 5.92 Å². The van der Waals surface area contributed by atoms with Crippen molar-refractivity contribution in [2.45, 2.75) is 36.4 Å². The molecule has 0 bridgehead atoms. The van der Waals surface area contributed by atoms with Gasteiger partial charge in [-0.3, -0.25) is 4.90 Å². The molecule has 0 amide bonds. The molecule has 0 aliphatic carbocycles. The zero-order chi connectivity index (χ0) is 18.9. The fourth-order valence-corrected chi connectivity index (χ4v) is 4.78. The Morgan fingerprint density at radius 3 is 2.74 bits per heavy atom. The van der Waals surface area contributed by atoms with Crippen molar-refractivity contribution in [3.63, 3.8) is 0 Å². The van der Waals surface area contributed by atoms with Crippen molar-refractivity contribution < 1.29 is 17.9 Å². The highest BCUT2D eigenvalue weighted by Crippen LogP contribution is 2.42. The number of nitrogens with one attached hydrogen (secondary N) is 1. The summed E-state index contributed by atoms with van der Waals surface area (Å²) in [6.45, 7) is 1.53. The molecule has 1 aromatic carbocycles. The Hall–Kier alpha value is -1.52. The summed E-state index contributed by atoms with van der Waals surface area (Å²) in [6, 6.07) is 6.13. The second-order valence-corrected chi connectivity index (χ2v) is 8.31. The van der Waals surface area contributed by atoms with E-state index in [0.717, 1.165) is 27.8 Å². The van der Waals surface area contributed by atoms with Crippen LogP contribution in [0.3, 0.4) is 0 Å². The number of hydrogen-bond donors (Lipinski definition) is 1. The number of rotatable bonds is 4. The zero-order valence-corrected chi connectivity index (χ0v) is 16.0. The minimum Gasteiger partial charge on any atom is -0.493 e. The summed E-state index contributed by atoms with van der Waals surface area (Å²) in [5, 5.41) is 0.726. The monoisotopic (exact) mass is 416 g/mol. The summed E-state index contributed by atoms with van der Waals surface area (Å²) in [6.07, 6.45) is -1.42. The van der Waals surface area contributed by atoms with Crippen LogP contribution in [0.5, 0.6) is 5.75 Å². The molecular weight excluding hydrogens is 397 g/mol. The topological polar surface area (TPSA) is 50.3 Å². The van der Waals surface area contributed by atoms with Crippen LogP contribution in [0.1, 0.15) is 30.9 Å². The molecule has 2 aliphatic rings. The maximum Gasteiger partial charge on any atom is 0.391 e. The number of alkyl halides is 3. The minimum atomic E-state index is -4.08. The Bertz CT molecular complexity index is 764. The van der Waals surface area contributed by atoms with Gasteiger partial charge in [0.05, 0.1) is 12.5 Å². The van der Waals surface area contributed by atoms with Crippen molar-refractivity contribution in [2.75, 3.05) is 24.4 Å². The van der Waals surface area contributed by atoms with Crippen LogP contribution in [0.15, 0.2) is 29.4 Å². The van der Waals surface area contributed by atoms with Crippen LogP contribution in [0.2, 0.25) is 0 Å². The van der Waals surface area contributed by atoms with Gasteiger partial charge in [0.25, 0.3) is 0 Å². The van der Waals surface area contributed by atoms with E-state index < -0.39 is 12.1 Å². The number of aromatic nitrogens is 2. The maximum absolute atomic E-state index is 12.9. The van der Waals surface area contributed by atoms with Crippen LogP contribution < -0.4 is 9.46 Å². The quantitative estimate of drug-likeness (QED) is 0.726. The zero-order valence-electron chi connectivity index (χ0n) is 14.4. The molecule has 5 nitrogen and oxygen atoms in total. The molecule has 2 aliphatic heterocycles. The first-order chi connectivity index (χ1) is 13.0. The molecule has 10 heteroatoms. The highest BCUT2D eigenvalue weighted by atomic mass is 32.2. The van der Waals surface area contributed by atoms with Crippen LogP contribution >= 0.6 is 23.5 Å². The molecule has 0 unspecified atom stereocenters. The molecule has 4 rings (SSSR count). The largest absolute Gasteiger partial charge is 0.493 e. The van der Waals surface area contributed by atoms with Crippen LogP contribution in [-0.4, -0.2) is 40.1 Å². The summed E-state index contributed by atoms with van der Waals surface area (Å²) >= 11 is 2.71. The van der Waals surface area contributed by atoms with Crippen LogP contribution in [0, 0.1) is 5.92 Å². The molecule has 0 spiro atoms. The fraction of sp³-hybridized carbons (Fsp3) is 0.529. The van der Waals surface area contributed by atoms with Crippen molar-refractivity contribution in [3.8, 4) is 5.75 Å². The molecule has 27 heavy (non-hydrogen) atoms. The van der Waals surface area contributed by atoms with E-state index in [2.05, 4.69) is 19.0 Å². The third-order valence-corrected chi connectivity index (χ3v) is 6.54. The maximum atomic E-state index is 12.9. The molecule has 1 saturated heterocycles. The van der Waals surface area contributed by atoms with Gasteiger partial charge in [0.1, 0.15) is 12.1 Å². The molecule has 1 fully saturated rings. The number of benzene rings is 1. The van der Waals surface area contributed by atoms with E-state index in [1.54, 1.807) is 0 Å². The SMILES string of the molecule is FC(F)(F)C1CCN([C@H]2CCOc3cc(SNc4ncns4)ccc32)CC1. The van der Waals surface area contributed by atoms with Crippen molar-refractivity contribution in [1.29, 1.82) is 0 Å². The van der Waals surface area contributed by atoms with Crippen molar-refractivity contribution in [1.82, 2.24) is 14.3 Å². The van der Waals surface area contributed by atoms with E-state index >= 15 is 0 Å². The number of hydrogen-bond acceptors (Lipinski definition) is 7. The van der Waals surface area contributed by atoms with Crippen LogP contribution in [0.4, 0.5) is 18.3 Å². The van der Waals surface area contributed by atoms with E-state index in [1.807, 2.05) is 18.2 Å². The third kappa shape index (κ3) is 4.33. The van der Waals surface area contributed by atoms with Crippen molar-refractivity contribution >= 4 is 28.6 Å². The van der Waals surface area contributed by atoms with Gasteiger partial charge >= 0.3 is 6.18 Å². The van der Waals surface area contributed by atoms with Gasteiger partial charge in [0, 0.05) is 34.5 Å². The summed E-state index contributed by atoms with van der Waals surface area (Å²) < 4.78 is 51.6. The number of fused-ring (bicyclic) bond motifs is 1. The molecule has 2 aromatic rings. The van der Waals surface area contributed by atoms with Gasteiger partial charge in [-0.2, -0.15) is 17.5 Å².